The van der Waals surface area contributed by atoms with Crippen LogP contribution >= 0.6 is 0 Å². The molecule has 2 amide bonds. The molecule has 5 nitrogen and oxygen atoms in total. The molecule has 0 saturated carbocycles. The van der Waals surface area contributed by atoms with E-state index < -0.39 is 5.91 Å². The summed E-state index contributed by atoms with van der Waals surface area (Å²) < 4.78 is 5.69. The zero-order chi connectivity index (χ0) is 17.7. The van der Waals surface area contributed by atoms with Gasteiger partial charge in [0.25, 0.3) is 5.91 Å². The molecule has 0 radical (unpaired) electrons. The molecule has 0 saturated heterocycles. The molecule has 2 rings (SSSR count). The quantitative estimate of drug-likeness (QED) is 0.855. The highest BCUT2D eigenvalue weighted by atomic mass is 16.5. The minimum absolute atomic E-state index is 0.0826. The van der Waals surface area contributed by atoms with Gasteiger partial charge in [0.1, 0.15) is 5.75 Å². The molecular weight excluding hydrogens is 304 g/mol. The maximum atomic E-state index is 12.0. The molecule has 0 heterocycles. The number of amides is 2. The Morgan fingerprint density at radius 3 is 2.38 bits per heavy atom. The van der Waals surface area contributed by atoms with Crippen LogP contribution < -0.4 is 15.8 Å². The van der Waals surface area contributed by atoms with Crippen molar-refractivity contribution in [3.8, 4) is 5.75 Å². The van der Waals surface area contributed by atoms with Gasteiger partial charge in [0.2, 0.25) is 5.91 Å². The van der Waals surface area contributed by atoms with Gasteiger partial charge in [-0.05, 0) is 54.3 Å². The normalized spacial score (nSPS) is 10.5. The van der Waals surface area contributed by atoms with Crippen LogP contribution in [0.1, 0.15) is 41.3 Å². The summed E-state index contributed by atoms with van der Waals surface area (Å²) in [6.45, 7) is 6.06. The number of anilines is 1. The highest BCUT2D eigenvalue weighted by molar-refractivity contribution is 5.95. The molecule has 2 aromatic rings. The van der Waals surface area contributed by atoms with Gasteiger partial charge in [-0.2, -0.15) is 0 Å². The Kier molecular flexibility index (Phi) is 5.58. The van der Waals surface area contributed by atoms with E-state index in [1.165, 1.54) is 0 Å². The lowest BCUT2D eigenvalue weighted by Crippen LogP contribution is -2.20. The van der Waals surface area contributed by atoms with E-state index >= 15 is 0 Å². The lowest BCUT2D eigenvalue weighted by atomic mass is 10.0. The minimum Gasteiger partial charge on any atom is -0.483 e. The Bertz CT molecular complexity index is 737. The predicted molar refractivity (Wildman–Crippen MR) is 94.4 cm³/mol. The maximum absolute atomic E-state index is 12.0. The summed E-state index contributed by atoms with van der Waals surface area (Å²) in [5, 5.41) is 2.73. The zero-order valence-electron chi connectivity index (χ0n) is 14.1. The largest absolute Gasteiger partial charge is 0.483 e. The Labute approximate surface area is 141 Å². The Morgan fingerprint density at radius 2 is 1.79 bits per heavy atom. The highest BCUT2D eigenvalue weighted by Gasteiger charge is 2.10. The second kappa shape index (κ2) is 7.64. The van der Waals surface area contributed by atoms with Gasteiger partial charge in [0.05, 0.1) is 0 Å². The van der Waals surface area contributed by atoms with E-state index in [0.717, 1.165) is 16.9 Å². The fraction of sp³-hybridized carbons (Fsp3) is 0.263. The summed E-state index contributed by atoms with van der Waals surface area (Å²) >= 11 is 0. The summed E-state index contributed by atoms with van der Waals surface area (Å²) in [7, 11) is 0. The number of primary amides is 1. The predicted octanol–water partition coefficient (Wildman–Crippen LogP) is 3.23. The first-order valence-corrected chi connectivity index (χ1v) is 7.80. The molecule has 0 fully saturated rings. The van der Waals surface area contributed by atoms with Crippen molar-refractivity contribution in [2.75, 3.05) is 11.9 Å². The second-order valence-electron chi connectivity index (χ2n) is 5.97. The third-order valence-electron chi connectivity index (χ3n) is 3.60. The smallest absolute Gasteiger partial charge is 0.262 e. The first kappa shape index (κ1) is 17.5. The zero-order valence-corrected chi connectivity index (χ0v) is 14.1. The van der Waals surface area contributed by atoms with E-state index in [-0.39, 0.29) is 12.5 Å². The molecule has 2 aromatic carbocycles. The Hall–Kier alpha value is -2.82. The molecule has 0 aromatic heterocycles. The average molecular weight is 326 g/mol. The standard InChI is InChI=1S/C19H22N2O3/c1-12(2)16-9-4-13(3)10-17(16)24-11-18(22)21-15-7-5-14(6-8-15)19(20)23/h4-10,12H,11H2,1-3H3,(H2,20,23)(H,21,22). The van der Waals surface area contributed by atoms with E-state index in [9.17, 15) is 9.59 Å². The Morgan fingerprint density at radius 1 is 1.12 bits per heavy atom. The maximum Gasteiger partial charge on any atom is 0.262 e. The molecule has 0 atom stereocenters. The van der Waals surface area contributed by atoms with Crippen LogP contribution in [-0.4, -0.2) is 18.4 Å². The van der Waals surface area contributed by atoms with Crippen LogP contribution in [-0.2, 0) is 4.79 Å². The number of ether oxygens (including phenoxy) is 1. The molecule has 0 aliphatic carbocycles. The molecule has 0 aliphatic heterocycles. The van der Waals surface area contributed by atoms with Crippen molar-refractivity contribution in [1.29, 1.82) is 0 Å². The van der Waals surface area contributed by atoms with Crippen molar-refractivity contribution in [3.63, 3.8) is 0 Å². The molecule has 24 heavy (non-hydrogen) atoms. The van der Waals surface area contributed by atoms with E-state index in [2.05, 4.69) is 19.2 Å². The van der Waals surface area contributed by atoms with Gasteiger partial charge < -0.3 is 15.8 Å². The van der Waals surface area contributed by atoms with Gasteiger partial charge in [-0.1, -0.05) is 26.0 Å². The summed E-state index contributed by atoms with van der Waals surface area (Å²) in [5.74, 6) is 0.268. The van der Waals surface area contributed by atoms with Crippen LogP contribution in [0.5, 0.6) is 5.75 Å². The molecule has 0 unspecified atom stereocenters. The number of hydrogen-bond donors (Lipinski definition) is 2. The van der Waals surface area contributed by atoms with E-state index in [1.807, 2.05) is 25.1 Å². The van der Waals surface area contributed by atoms with E-state index in [0.29, 0.717) is 17.2 Å². The topological polar surface area (TPSA) is 81.4 Å². The molecule has 0 spiro atoms. The Balaban J connectivity index is 1.98. The number of hydrogen-bond acceptors (Lipinski definition) is 3. The number of benzene rings is 2. The lowest BCUT2D eigenvalue weighted by molar-refractivity contribution is -0.118. The number of aryl methyl sites for hydroxylation is 1. The summed E-state index contributed by atoms with van der Waals surface area (Å²) in [4.78, 5) is 23.1. The summed E-state index contributed by atoms with van der Waals surface area (Å²) in [6.07, 6.45) is 0. The number of nitrogens with one attached hydrogen (secondary N) is 1. The van der Waals surface area contributed by atoms with E-state index in [4.69, 9.17) is 10.5 Å². The third-order valence-corrected chi connectivity index (χ3v) is 3.60. The van der Waals surface area contributed by atoms with Crippen molar-refractivity contribution in [2.24, 2.45) is 5.73 Å². The van der Waals surface area contributed by atoms with Crippen LogP contribution in [0.2, 0.25) is 0 Å². The van der Waals surface area contributed by atoms with E-state index in [1.54, 1.807) is 24.3 Å². The fourth-order valence-corrected chi connectivity index (χ4v) is 2.30. The van der Waals surface area contributed by atoms with Crippen molar-refractivity contribution < 1.29 is 14.3 Å². The summed E-state index contributed by atoms with van der Waals surface area (Å²) in [5.41, 5.74) is 8.31. The van der Waals surface area contributed by atoms with Crippen molar-refractivity contribution in [1.82, 2.24) is 0 Å². The van der Waals surface area contributed by atoms with Gasteiger partial charge in [0, 0.05) is 11.3 Å². The highest BCUT2D eigenvalue weighted by Crippen LogP contribution is 2.27. The van der Waals surface area contributed by atoms with Crippen molar-refractivity contribution in [2.45, 2.75) is 26.7 Å². The first-order valence-electron chi connectivity index (χ1n) is 7.80. The number of rotatable bonds is 6. The molecular formula is C19H22N2O3. The molecule has 126 valence electrons. The molecule has 0 bridgehead atoms. The molecule has 0 aliphatic rings. The van der Waals surface area contributed by atoms with Gasteiger partial charge in [0.15, 0.2) is 6.61 Å². The van der Waals surface area contributed by atoms with Crippen LogP contribution in [0.15, 0.2) is 42.5 Å². The number of carbonyl (C=O) groups is 2. The van der Waals surface area contributed by atoms with Crippen LogP contribution in [0.4, 0.5) is 5.69 Å². The molecule has 3 N–H and O–H groups in total. The average Bonchev–Trinajstić information content (AvgIpc) is 2.53. The fourth-order valence-electron chi connectivity index (χ4n) is 2.30. The van der Waals surface area contributed by atoms with Gasteiger partial charge >= 0.3 is 0 Å². The lowest BCUT2D eigenvalue weighted by Gasteiger charge is -2.15. The SMILES string of the molecule is Cc1ccc(C(C)C)c(OCC(=O)Nc2ccc(C(N)=O)cc2)c1. The van der Waals surface area contributed by atoms with Crippen LogP contribution in [0, 0.1) is 6.92 Å². The van der Waals surface area contributed by atoms with Gasteiger partial charge in [-0.3, -0.25) is 9.59 Å². The monoisotopic (exact) mass is 326 g/mol. The van der Waals surface area contributed by atoms with Crippen molar-refractivity contribution in [3.05, 3.63) is 59.2 Å². The third kappa shape index (κ3) is 4.59. The molecule has 5 heteroatoms. The number of nitrogens with two attached hydrogens (primary N) is 1. The van der Waals surface area contributed by atoms with Gasteiger partial charge in [-0.15, -0.1) is 0 Å². The second-order valence-corrected chi connectivity index (χ2v) is 5.97. The first-order chi connectivity index (χ1) is 11.4. The summed E-state index contributed by atoms with van der Waals surface area (Å²) in [6, 6.07) is 12.4. The number of carbonyl (C=O) groups excluding carboxylic acids is 2. The minimum atomic E-state index is -0.503. The van der Waals surface area contributed by atoms with Crippen LogP contribution in [0.3, 0.4) is 0 Å². The van der Waals surface area contributed by atoms with Gasteiger partial charge in [-0.25, -0.2) is 0 Å². The van der Waals surface area contributed by atoms with Crippen LogP contribution in [0.25, 0.3) is 0 Å². The van der Waals surface area contributed by atoms with Crippen molar-refractivity contribution >= 4 is 17.5 Å².